The molecule has 1 aliphatic heterocycles. The fourth-order valence-corrected chi connectivity index (χ4v) is 3.83. The van der Waals surface area contributed by atoms with Crippen molar-refractivity contribution in [3.8, 4) is 11.4 Å². The fourth-order valence-electron chi connectivity index (χ4n) is 3.83. The maximum atomic E-state index is 12.6. The van der Waals surface area contributed by atoms with E-state index in [2.05, 4.69) is 35.8 Å². The van der Waals surface area contributed by atoms with Gasteiger partial charge in [-0.25, -0.2) is 0 Å². The zero-order valence-electron chi connectivity index (χ0n) is 17.5. The van der Waals surface area contributed by atoms with Crippen molar-refractivity contribution in [3.05, 3.63) is 36.2 Å². The molecule has 152 valence electrons. The number of rotatable bonds is 7. The first-order valence-corrected chi connectivity index (χ1v) is 10.3. The molecule has 0 bridgehead atoms. The molecule has 1 fully saturated rings. The van der Waals surface area contributed by atoms with Gasteiger partial charge >= 0.3 is 0 Å². The number of carbonyl (C=O) groups excluding carboxylic acids is 1. The van der Waals surface area contributed by atoms with E-state index in [-0.39, 0.29) is 17.9 Å². The normalized spacial score (nSPS) is 17.0. The molecule has 1 saturated heterocycles. The summed E-state index contributed by atoms with van der Waals surface area (Å²) in [6.45, 7) is 8.77. The quantitative estimate of drug-likeness (QED) is 0.726. The van der Waals surface area contributed by atoms with Gasteiger partial charge in [0.2, 0.25) is 17.6 Å². The van der Waals surface area contributed by atoms with Crippen LogP contribution >= 0.6 is 0 Å². The first-order chi connectivity index (χ1) is 13.4. The van der Waals surface area contributed by atoms with Crippen LogP contribution < -0.4 is 0 Å². The Bertz CT molecular complexity index is 751. The van der Waals surface area contributed by atoms with E-state index in [1.54, 1.807) is 0 Å². The van der Waals surface area contributed by atoms with Crippen LogP contribution in [0.1, 0.15) is 51.8 Å². The summed E-state index contributed by atoms with van der Waals surface area (Å²) in [5, 5.41) is 4.13. The Hall–Kier alpha value is -2.21. The molecule has 0 aliphatic carbocycles. The van der Waals surface area contributed by atoms with Crippen molar-refractivity contribution in [2.75, 3.05) is 26.7 Å². The molecule has 0 spiro atoms. The Balaban J connectivity index is 1.50. The van der Waals surface area contributed by atoms with Crippen molar-refractivity contribution < 1.29 is 9.32 Å². The summed E-state index contributed by atoms with van der Waals surface area (Å²) in [4.78, 5) is 21.3. The number of piperidine rings is 1. The summed E-state index contributed by atoms with van der Waals surface area (Å²) in [7, 11) is 1.92. The second kappa shape index (κ2) is 9.32. The molecule has 6 heteroatoms. The van der Waals surface area contributed by atoms with Crippen molar-refractivity contribution >= 4 is 5.91 Å². The zero-order chi connectivity index (χ0) is 20.1. The minimum atomic E-state index is 0.204. The van der Waals surface area contributed by atoms with Crippen molar-refractivity contribution in [2.24, 2.45) is 5.92 Å². The molecule has 3 rings (SSSR count). The van der Waals surface area contributed by atoms with Crippen LogP contribution in [0.15, 0.2) is 34.9 Å². The van der Waals surface area contributed by atoms with Crippen LogP contribution in [0, 0.1) is 5.92 Å². The highest BCUT2D eigenvalue weighted by Crippen LogP contribution is 2.28. The van der Waals surface area contributed by atoms with Crippen LogP contribution in [-0.4, -0.2) is 58.6 Å². The van der Waals surface area contributed by atoms with E-state index >= 15 is 0 Å². The molecule has 1 aromatic heterocycles. The number of carbonyl (C=O) groups is 1. The lowest BCUT2D eigenvalue weighted by Crippen LogP contribution is -2.44. The molecule has 0 N–H and O–H groups in total. The molecular weight excluding hydrogens is 352 g/mol. The van der Waals surface area contributed by atoms with E-state index in [1.807, 2.05) is 42.3 Å². The van der Waals surface area contributed by atoms with Crippen molar-refractivity contribution in [1.82, 2.24) is 19.9 Å². The van der Waals surface area contributed by atoms with Crippen LogP contribution in [0.3, 0.4) is 0 Å². The summed E-state index contributed by atoms with van der Waals surface area (Å²) >= 11 is 0. The highest BCUT2D eigenvalue weighted by Gasteiger charge is 2.27. The van der Waals surface area contributed by atoms with Gasteiger partial charge in [0.1, 0.15) is 0 Å². The Morgan fingerprint density at radius 2 is 1.89 bits per heavy atom. The molecule has 2 heterocycles. The highest BCUT2D eigenvalue weighted by atomic mass is 16.5. The van der Waals surface area contributed by atoms with Gasteiger partial charge in [0.15, 0.2) is 0 Å². The number of likely N-dealkylation sites (N-methyl/N-ethyl adjacent to an activating group) is 1. The number of likely N-dealkylation sites (tertiary alicyclic amines) is 1. The van der Waals surface area contributed by atoms with Gasteiger partial charge in [-0.05, 0) is 45.2 Å². The van der Waals surface area contributed by atoms with E-state index in [0.29, 0.717) is 24.2 Å². The highest BCUT2D eigenvalue weighted by molar-refractivity contribution is 5.78. The predicted molar refractivity (Wildman–Crippen MR) is 110 cm³/mol. The van der Waals surface area contributed by atoms with Gasteiger partial charge in [-0.3, -0.25) is 9.69 Å². The number of benzene rings is 1. The maximum Gasteiger partial charge on any atom is 0.236 e. The maximum absolute atomic E-state index is 12.6. The Morgan fingerprint density at radius 1 is 1.21 bits per heavy atom. The fraction of sp³-hybridized carbons (Fsp3) is 0.591. The minimum Gasteiger partial charge on any atom is -0.342 e. The van der Waals surface area contributed by atoms with Gasteiger partial charge in [0.25, 0.3) is 0 Å². The number of nitrogens with zero attached hydrogens (tertiary/aromatic N) is 4. The second-order valence-electron chi connectivity index (χ2n) is 8.36. The lowest BCUT2D eigenvalue weighted by Gasteiger charge is -2.33. The number of aromatic nitrogens is 2. The first kappa shape index (κ1) is 20.5. The molecular formula is C22H32N4O2. The smallest absolute Gasteiger partial charge is 0.236 e. The zero-order valence-corrected chi connectivity index (χ0v) is 17.5. The van der Waals surface area contributed by atoms with Crippen LogP contribution in [0.25, 0.3) is 11.4 Å². The largest absolute Gasteiger partial charge is 0.342 e. The first-order valence-electron chi connectivity index (χ1n) is 10.3. The molecule has 1 amide bonds. The topological polar surface area (TPSA) is 62.5 Å². The molecule has 1 aliphatic rings. The van der Waals surface area contributed by atoms with Crippen LogP contribution in [0.2, 0.25) is 0 Å². The average molecular weight is 385 g/mol. The lowest BCUT2D eigenvalue weighted by molar-refractivity contribution is -0.133. The van der Waals surface area contributed by atoms with Crippen molar-refractivity contribution in [1.29, 1.82) is 0 Å². The van der Waals surface area contributed by atoms with Gasteiger partial charge < -0.3 is 9.42 Å². The Morgan fingerprint density at radius 3 is 2.54 bits per heavy atom. The summed E-state index contributed by atoms with van der Waals surface area (Å²) < 4.78 is 5.53. The summed E-state index contributed by atoms with van der Waals surface area (Å²) in [6.07, 6.45) is 2.91. The van der Waals surface area contributed by atoms with Crippen molar-refractivity contribution in [2.45, 2.75) is 52.0 Å². The molecule has 0 saturated carbocycles. The van der Waals surface area contributed by atoms with Gasteiger partial charge in [-0.2, -0.15) is 4.98 Å². The van der Waals surface area contributed by atoms with E-state index in [1.165, 1.54) is 0 Å². The molecule has 1 unspecified atom stereocenters. The molecule has 28 heavy (non-hydrogen) atoms. The van der Waals surface area contributed by atoms with Crippen LogP contribution in [0.5, 0.6) is 0 Å². The SMILES string of the molecule is CC(C)CC(C)N(C)C(=O)CN1CCC(c2nc(-c3ccccc3)no2)CC1. The molecule has 2 aromatic rings. The second-order valence-corrected chi connectivity index (χ2v) is 8.36. The monoisotopic (exact) mass is 384 g/mol. The standard InChI is InChI=1S/C22H32N4O2/c1-16(2)14-17(3)25(4)20(27)15-26-12-10-19(11-13-26)22-23-21(24-28-22)18-8-6-5-7-9-18/h5-9,16-17,19H,10-15H2,1-4H3. The predicted octanol–water partition coefficient (Wildman–Crippen LogP) is 3.81. The van der Waals surface area contributed by atoms with E-state index in [4.69, 9.17) is 4.52 Å². The summed E-state index contributed by atoms with van der Waals surface area (Å²) in [5.41, 5.74) is 0.971. The van der Waals surface area contributed by atoms with Gasteiger partial charge in [-0.1, -0.05) is 49.3 Å². The van der Waals surface area contributed by atoms with Crippen LogP contribution in [0.4, 0.5) is 0 Å². The van der Waals surface area contributed by atoms with E-state index in [0.717, 1.165) is 37.9 Å². The Labute approximate surface area is 167 Å². The Kier molecular flexibility index (Phi) is 6.83. The summed E-state index contributed by atoms with van der Waals surface area (Å²) in [6, 6.07) is 10.2. The lowest BCUT2D eigenvalue weighted by atomic mass is 9.96. The molecule has 1 aromatic carbocycles. The van der Waals surface area contributed by atoms with Gasteiger partial charge in [0, 0.05) is 24.6 Å². The third kappa shape index (κ3) is 5.19. The molecule has 0 radical (unpaired) electrons. The third-order valence-electron chi connectivity index (χ3n) is 5.64. The minimum absolute atomic E-state index is 0.204. The van der Waals surface area contributed by atoms with Gasteiger partial charge in [0.05, 0.1) is 6.54 Å². The van der Waals surface area contributed by atoms with Crippen LogP contribution in [-0.2, 0) is 4.79 Å². The average Bonchev–Trinajstić information content (AvgIpc) is 3.18. The summed E-state index contributed by atoms with van der Waals surface area (Å²) in [5.74, 6) is 2.43. The third-order valence-corrected chi connectivity index (χ3v) is 5.64. The number of amides is 1. The van der Waals surface area contributed by atoms with Crippen molar-refractivity contribution in [3.63, 3.8) is 0 Å². The number of hydrogen-bond acceptors (Lipinski definition) is 5. The van der Waals surface area contributed by atoms with E-state index in [9.17, 15) is 4.79 Å². The van der Waals surface area contributed by atoms with E-state index < -0.39 is 0 Å². The van der Waals surface area contributed by atoms with Gasteiger partial charge in [-0.15, -0.1) is 0 Å². The molecule has 6 nitrogen and oxygen atoms in total. The number of hydrogen-bond donors (Lipinski definition) is 0. The molecule has 1 atom stereocenters.